The van der Waals surface area contributed by atoms with Crippen LogP contribution < -0.4 is 10.6 Å². The fourth-order valence-electron chi connectivity index (χ4n) is 2.41. The summed E-state index contributed by atoms with van der Waals surface area (Å²) in [5.41, 5.74) is 2.30. The number of benzene rings is 1. The zero-order valence-corrected chi connectivity index (χ0v) is 14.2. The Labute approximate surface area is 143 Å². The minimum Gasteiger partial charge on any atom is -0.396 e. The van der Waals surface area contributed by atoms with Gasteiger partial charge in [0.15, 0.2) is 5.96 Å². The molecule has 0 saturated carbocycles. The van der Waals surface area contributed by atoms with Crippen molar-refractivity contribution in [2.45, 2.75) is 19.3 Å². The maximum Gasteiger partial charge on any atom is 0.191 e. The van der Waals surface area contributed by atoms with Gasteiger partial charge in [-0.3, -0.25) is 9.98 Å². The number of hydrogen-bond acceptors (Lipinski definition) is 3. The van der Waals surface area contributed by atoms with Gasteiger partial charge in [0.1, 0.15) is 0 Å². The van der Waals surface area contributed by atoms with Gasteiger partial charge in [-0.1, -0.05) is 36.4 Å². The smallest absolute Gasteiger partial charge is 0.191 e. The Morgan fingerprint density at radius 3 is 2.67 bits per heavy atom. The molecule has 24 heavy (non-hydrogen) atoms. The van der Waals surface area contributed by atoms with Crippen LogP contribution in [0.25, 0.3) is 0 Å². The maximum atomic E-state index is 9.63. The largest absolute Gasteiger partial charge is 0.396 e. The quantitative estimate of drug-likeness (QED) is 0.512. The highest BCUT2D eigenvalue weighted by Gasteiger charge is 2.09. The molecule has 2 aromatic rings. The molecule has 0 fully saturated rings. The van der Waals surface area contributed by atoms with Gasteiger partial charge < -0.3 is 15.7 Å². The van der Waals surface area contributed by atoms with Crippen LogP contribution in [0.2, 0.25) is 0 Å². The molecule has 0 amide bonds. The molecular formula is C19H26N4O. The monoisotopic (exact) mass is 326 g/mol. The van der Waals surface area contributed by atoms with E-state index in [-0.39, 0.29) is 12.5 Å². The van der Waals surface area contributed by atoms with Gasteiger partial charge in [0.2, 0.25) is 0 Å². The van der Waals surface area contributed by atoms with E-state index in [0.29, 0.717) is 6.54 Å². The number of nitrogens with zero attached hydrogens (tertiary/aromatic N) is 2. The topological polar surface area (TPSA) is 69.5 Å². The number of aromatic nitrogens is 1. The molecule has 2 rings (SSSR count). The second-order valence-corrected chi connectivity index (χ2v) is 5.55. The Hall–Kier alpha value is -2.40. The number of aliphatic hydroxyl groups is 1. The predicted molar refractivity (Wildman–Crippen MR) is 98.2 cm³/mol. The Bertz CT molecular complexity index is 601. The van der Waals surface area contributed by atoms with Crippen molar-refractivity contribution in [3.63, 3.8) is 0 Å². The molecule has 0 bridgehead atoms. The Morgan fingerprint density at radius 2 is 2.00 bits per heavy atom. The van der Waals surface area contributed by atoms with Crippen molar-refractivity contribution in [1.29, 1.82) is 0 Å². The summed E-state index contributed by atoms with van der Waals surface area (Å²) in [6, 6.07) is 14.0. The number of pyridine rings is 1. The summed E-state index contributed by atoms with van der Waals surface area (Å²) in [6.45, 7) is 4.25. The zero-order chi connectivity index (χ0) is 17.0. The minimum absolute atomic E-state index is 0.0139. The molecule has 1 heterocycles. The molecule has 0 aliphatic rings. The van der Waals surface area contributed by atoms with Crippen LogP contribution in [0.1, 0.15) is 24.0 Å². The number of aliphatic hydroxyl groups excluding tert-OH is 1. The van der Waals surface area contributed by atoms with Gasteiger partial charge in [0.25, 0.3) is 0 Å². The van der Waals surface area contributed by atoms with Crippen molar-refractivity contribution in [3.8, 4) is 0 Å². The van der Waals surface area contributed by atoms with Gasteiger partial charge in [0.05, 0.1) is 13.2 Å². The third-order valence-electron chi connectivity index (χ3n) is 3.73. The Balaban J connectivity index is 1.89. The van der Waals surface area contributed by atoms with Gasteiger partial charge in [-0.2, -0.15) is 0 Å². The van der Waals surface area contributed by atoms with Crippen LogP contribution in [-0.2, 0) is 6.42 Å². The van der Waals surface area contributed by atoms with Crippen molar-refractivity contribution in [3.05, 3.63) is 66.0 Å². The lowest BCUT2D eigenvalue weighted by Gasteiger charge is -2.15. The van der Waals surface area contributed by atoms with Gasteiger partial charge in [-0.15, -0.1) is 0 Å². The van der Waals surface area contributed by atoms with Crippen molar-refractivity contribution >= 4 is 5.96 Å². The summed E-state index contributed by atoms with van der Waals surface area (Å²) in [7, 11) is 0. The van der Waals surface area contributed by atoms with Crippen LogP contribution in [-0.4, -0.2) is 42.3 Å². The molecule has 0 aliphatic carbocycles. The predicted octanol–water partition coefficient (Wildman–Crippen LogP) is 1.96. The molecule has 128 valence electrons. The fourth-order valence-corrected chi connectivity index (χ4v) is 2.41. The average molecular weight is 326 g/mol. The average Bonchev–Trinajstić information content (AvgIpc) is 2.64. The van der Waals surface area contributed by atoms with E-state index in [1.54, 1.807) is 6.20 Å². The van der Waals surface area contributed by atoms with E-state index < -0.39 is 0 Å². The highest BCUT2D eigenvalue weighted by molar-refractivity contribution is 5.79. The van der Waals surface area contributed by atoms with E-state index in [1.165, 1.54) is 5.56 Å². The van der Waals surface area contributed by atoms with Gasteiger partial charge in [0, 0.05) is 31.4 Å². The molecule has 0 spiro atoms. The van der Waals surface area contributed by atoms with Crippen molar-refractivity contribution in [1.82, 2.24) is 15.6 Å². The SMILES string of the molecule is CCNC(=NCC(CO)c1ccccc1)NCCc1cccnc1. The highest BCUT2D eigenvalue weighted by Crippen LogP contribution is 2.14. The lowest BCUT2D eigenvalue weighted by molar-refractivity contribution is 0.268. The normalized spacial score (nSPS) is 12.7. The Morgan fingerprint density at radius 1 is 1.17 bits per heavy atom. The van der Waals surface area contributed by atoms with Gasteiger partial charge >= 0.3 is 0 Å². The second kappa shape index (κ2) is 10.4. The number of aliphatic imine (C=N–C) groups is 1. The number of hydrogen-bond donors (Lipinski definition) is 3. The van der Waals surface area contributed by atoms with Crippen LogP contribution >= 0.6 is 0 Å². The summed E-state index contributed by atoms with van der Waals surface area (Å²) in [6.07, 6.45) is 4.55. The summed E-state index contributed by atoms with van der Waals surface area (Å²) < 4.78 is 0. The van der Waals surface area contributed by atoms with E-state index in [0.717, 1.165) is 31.0 Å². The molecule has 3 N–H and O–H groups in total. The molecular weight excluding hydrogens is 300 g/mol. The molecule has 5 nitrogen and oxygen atoms in total. The van der Waals surface area contributed by atoms with E-state index in [9.17, 15) is 5.11 Å². The van der Waals surface area contributed by atoms with Crippen LogP contribution in [0.5, 0.6) is 0 Å². The van der Waals surface area contributed by atoms with E-state index in [2.05, 4.69) is 26.7 Å². The van der Waals surface area contributed by atoms with E-state index in [4.69, 9.17) is 0 Å². The number of guanidine groups is 1. The molecule has 1 aromatic heterocycles. The summed E-state index contributed by atoms with van der Waals surface area (Å²) >= 11 is 0. The molecule has 0 aliphatic heterocycles. The standard InChI is InChI=1S/C19H26N4O/c1-2-21-19(22-12-10-16-7-6-11-20-13-16)23-14-18(15-24)17-8-4-3-5-9-17/h3-9,11,13,18,24H,2,10,12,14-15H2,1H3,(H2,21,22,23). The summed E-state index contributed by atoms with van der Waals surface area (Å²) in [5.74, 6) is 0.788. The fraction of sp³-hybridized carbons (Fsp3) is 0.368. The van der Waals surface area contributed by atoms with Crippen LogP contribution in [0.4, 0.5) is 0 Å². The molecule has 1 unspecified atom stereocenters. The summed E-state index contributed by atoms with van der Waals surface area (Å²) in [5, 5.41) is 16.2. The third kappa shape index (κ3) is 6.01. The maximum absolute atomic E-state index is 9.63. The lowest BCUT2D eigenvalue weighted by atomic mass is 10.0. The first kappa shape index (κ1) is 17.9. The molecule has 0 radical (unpaired) electrons. The van der Waals surface area contributed by atoms with Crippen LogP contribution in [0, 0.1) is 0 Å². The zero-order valence-electron chi connectivity index (χ0n) is 14.2. The van der Waals surface area contributed by atoms with Crippen molar-refractivity contribution < 1.29 is 5.11 Å². The first-order valence-electron chi connectivity index (χ1n) is 8.40. The highest BCUT2D eigenvalue weighted by atomic mass is 16.3. The van der Waals surface area contributed by atoms with E-state index in [1.807, 2.05) is 49.5 Å². The second-order valence-electron chi connectivity index (χ2n) is 5.55. The molecule has 1 aromatic carbocycles. The third-order valence-corrected chi connectivity index (χ3v) is 3.73. The van der Waals surface area contributed by atoms with Crippen molar-refractivity contribution in [2.24, 2.45) is 4.99 Å². The number of rotatable bonds is 8. The van der Waals surface area contributed by atoms with Gasteiger partial charge in [-0.25, -0.2) is 0 Å². The lowest BCUT2D eigenvalue weighted by Crippen LogP contribution is -2.38. The van der Waals surface area contributed by atoms with Crippen molar-refractivity contribution in [2.75, 3.05) is 26.2 Å². The first-order valence-corrected chi connectivity index (χ1v) is 8.40. The molecule has 5 heteroatoms. The number of nitrogens with one attached hydrogen (secondary N) is 2. The van der Waals surface area contributed by atoms with Gasteiger partial charge in [-0.05, 0) is 30.5 Å². The van der Waals surface area contributed by atoms with Crippen LogP contribution in [0.15, 0.2) is 59.9 Å². The summed E-state index contributed by atoms with van der Waals surface area (Å²) in [4.78, 5) is 8.73. The van der Waals surface area contributed by atoms with Crippen LogP contribution in [0.3, 0.4) is 0 Å². The minimum atomic E-state index is 0.0139. The molecule has 0 saturated heterocycles. The first-order chi connectivity index (χ1) is 11.8. The Kier molecular flexibility index (Phi) is 7.77. The van der Waals surface area contributed by atoms with E-state index >= 15 is 0 Å². The molecule has 1 atom stereocenters.